The average Bonchev–Trinajstić information content (AvgIpc) is 2.35. The maximum absolute atomic E-state index is 8.86. The number of rotatable bonds is 5. The summed E-state index contributed by atoms with van der Waals surface area (Å²) in [4.78, 5) is 0. The van der Waals surface area contributed by atoms with Crippen LogP contribution in [0.2, 0.25) is 0 Å². The number of thioether (sulfide) groups is 1. The molecule has 0 aromatic heterocycles. The van der Waals surface area contributed by atoms with Crippen LogP contribution in [0.5, 0.6) is 5.75 Å². The first-order valence-electron chi connectivity index (χ1n) is 5.39. The maximum atomic E-state index is 8.86. The molecule has 1 unspecified atom stereocenters. The summed E-state index contributed by atoms with van der Waals surface area (Å²) in [6.07, 6.45) is 1.18. The summed E-state index contributed by atoms with van der Waals surface area (Å²) < 4.78 is 5.18. The number of nitriles is 1. The van der Waals surface area contributed by atoms with Gasteiger partial charge >= 0.3 is 0 Å². The Labute approximate surface area is 102 Å². The van der Waals surface area contributed by atoms with E-state index in [-0.39, 0.29) is 0 Å². The lowest BCUT2D eigenvalue weighted by atomic mass is 10.1. The van der Waals surface area contributed by atoms with Crippen molar-refractivity contribution in [3.63, 3.8) is 0 Å². The molecule has 3 heteroatoms. The topological polar surface area (TPSA) is 33.0 Å². The van der Waals surface area contributed by atoms with E-state index in [0.29, 0.717) is 16.6 Å². The van der Waals surface area contributed by atoms with E-state index in [1.165, 1.54) is 12.0 Å². The molecular formula is C13H17NOS. The highest BCUT2D eigenvalue weighted by Gasteiger charge is 2.05. The lowest BCUT2D eigenvalue weighted by molar-refractivity contribution is 0.413. The number of hydrogen-bond donors (Lipinski definition) is 0. The molecule has 1 atom stereocenters. The van der Waals surface area contributed by atoms with Gasteiger partial charge in [0.05, 0.1) is 12.7 Å². The van der Waals surface area contributed by atoms with E-state index in [1.807, 2.05) is 30.0 Å². The second-order valence-electron chi connectivity index (χ2n) is 3.68. The van der Waals surface area contributed by atoms with Crippen molar-refractivity contribution in [1.82, 2.24) is 0 Å². The number of methoxy groups -OCH3 is 1. The van der Waals surface area contributed by atoms with Crippen molar-refractivity contribution in [3.8, 4) is 11.8 Å². The minimum Gasteiger partial charge on any atom is -0.495 e. The van der Waals surface area contributed by atoms with Crippen LogP contribution >= 0.6 is 11.8 Å². The summed E-state index contributed by atoms with van der Waals surface area (Å²) in [5.74, 6) is 1.64. The van der Waals surface area contributed by atoms with Crippen LogP contribution in [0.15, 0.2) is 18.2 Å². The fourth-order valence-electron chi connectivity index (χ4n) is 1.27. The van der Waals surface area contributed by atoms with Crippen molar-refractivity contribution in [3.05, 3.63) is 29.3 Å². The molecule has 0 saturated heterocycles. The van der Waals surface area contributed by atoms with Crippen LogP contribution in [0.4, 0.5) is 0 Å². The van der Waals surface area contributed by atoms with Gasteiger partial charge in [0, 0.05) is 11.0 Å². The first kappa shape index (κ1) is 12.9. The Morgan fingerprint density at radius 2 is 2.25 bits per heavy atom. The Balaban J connectivity index is 2.72. The van der Waals surface area contributed by atoms with Gasteiger partial charge in [0.1, 0.15) is 11.8 Å². The van der Waals surface area contributed by atoms with Crippen molar-refractivity contribution in [2.45, 2.75) is 31.3 Å². The molecule has 0 amide bonds. The molecule has 0 spiro atoms. The Morgan fingerprint density at radius 1 is 1.50 bits per heavy atom. The molecule has 2 nitrogen and oxygen atoms in total. The molecule has 1 rings (SSSR count). The van der Waals surface area contributed by atoms with E-state index in [2.05, 4.69) is 19.9 Å². The molecule has 0 heterocycles. The quantitative estimate of drug-likeness (QED) is 0.781. The summed E-state index contributed by atoms with van der Waals surface area (Å²) >= 11 is 1.92. The summed E-state index contributed by atoms with van der Waals surface area (Å²) in [5, 5.41) is 9.53. The van der Waals surface area contributed by atoms with Gasteiger partial charge in [0.15, 0.2) is 0 Å². The molecule has 1 aromatic carbocycles. The molecule has 0 aliphatic rings. The van der Waals surface area contributed by atoms with Crippen LogP contribution in [-0.4, -0.2) is 12.4 Å². The smallest absolute Gasteiger partial charge is 0.136 e. The van der Waals surface area contributed by atoms with Gasteiger partial charge in [-0.05, 0) is 24.1 Å². The van der Waals surface area contributed by atoms with Crippen molar-refractivity contribution >= 4 is 11.8 Å². The summed E-state index contributed by atoms with van der Waals surface area (Å²) in [6.45, 7) is 4.42. The predicted molar refractivity (Wildman–Crippen MR) is 68.8 cm³/mol. The average molecular weight is 235 g/mol. The third-order valence-electron chi connectivity index (χ3n) is 2.50. The van der Waals surface area contributed by atoms with Crippen LogP contribution < -0.4 is 4.74 Å². The number of nitrogens with zero attached hydrogens (tertiary/aromatic N) is 1. The largest absolute Gasteiger partial charge is 0.495 e. The zero-order chi connectivity index (χ0) is 12.0. The molecule has 86 valence electrons. The summed E-state index contributed by atoms with van der Waals surface area (Å²) in [6, 6.07) is 7.89. The van der Waals surface area contributed by atoms with Crippen LogP contribution in [0, 0.1) is 11.3 Å². The third-order valence-corrected chi connectivity index (χ3v) is 3.90. The number of hydrogen-bond acceptors (Lipinski definition) is 3. The van der Waals surface area contributed by atoms with E-state index in [9.17, 15) is 0 Å². The molecule has 0 radical (unpaired) electrons. The second-order valence-corrected chi connectivity index (χ2v) is 5.10. The van der Waals surface area contributed by atoms with Crippen LogP contribution in [-0.2, 0) is 5.75 Å². The first-order valence-corrected chi connectivity index (χ1v) is 6.44. The van der Waals surface area contributed by atoms with Crippen molar-refractivity contribution < 1.29 is 4.74 Å². The molecule has 0 N–H and O–H groups in total. The van der Waals surface area contributed by atoms with Gasteiger partial charge in [0.25, 0.3) is 0 Å². The highest BCUT2D eigenvalue weighted by atomic mass is 32.2. The standard InChI is InChI=1S/C13H17NOS/c1-4-10(2)16-9-11-5-6-12(8-14)13(7-11)15-3/h5-7,10H,4,9H2,1-3H3. The van der Waals surface area contributed by atoms with Gasteiger partial charge in [-0.25, -0.2) is 0 Å². The highest BCUT2D eigenvalue weighted by Crippen LogP contribution is 2.24. The van der Waals surface area contributed by atoms with Crippen molar-refractivity contribution in [1.29, 1.82) is 5.26 Å². The molecular weight excluding hydrogens is 218 g/mol. The number of benzene rings is 1. The van der Waals surface area contributed by atoms with E-state index in [0.717, 1.165) is 5.75 Å². The predicted octanol–water partition coefficient (Wildman–Crippen LogP) is 3.60. The van der Waals surface area contributed by atoms with Gasteiger partial charge < -0.3 is 4.74 Å². The first-order chi connectivity index (χ1) is 7.71. The fourth-order valence-corrected chi connectivity index (χ4v) is 2.17. The number of ether oxygens (including phenoxy) is 1. The lowest BCUT2D eigenvalue weighted by Crippen LogP contribution is -1.95. The Kier molecular flexibility index (Phi) is 5.21. The van der Waals surface area contributed by atoms with Crippen molar-refractivity contribution in [2.24, 2.45) is 0 Å². The molecule has 0 aliphatic heterocycles. The molecule has 1 aromatic rings. The van der Waals surface area contributed by atoms with E-state index in [4.69, 9.17) is 10.00 Å². The second kappa shape index (κ2) is 6.44. The van der Waals surface area contributed by atoms with E-state index < -0.39 is 0 Å². The molecule has 0 saturated carbocycles. The van der Waals surface area contributed by atoms with Crippen LogP contribution in [0.3, 0.4) is 0 Å². The Morgan fingerprint density at radius 3 is 2.81 bits per heavy atom. The van der Waals surface area contributed by atoms with Gasteiger partial charge in [-0.2, -0.15) is 17.0 Å². The normalized spacial score (nSPS) is 11.9. The van der Waals surface area contributed by atoms with Gasteiger partial charge in [-0.15, -0.1) is 0 Å². The minimum absolute atomic E-state index is 0.597. The fraction of sp³-hybridized carbons (Fsp3) is 0.462. The zero-order valence-corrected chi connectivity index (χ0v) is 10.8. The van der Waals surface area contributed by atoms with Crippen LogP contribution in [0.25, 0.3) is 0 Å². The minimum atomic E-state index is 0.597. The molecule has 0 aliphatic carbocycles. The molecule has 0 fully saturated rings. The maximum Gasteiger partial charge on any atom is 0.136 e. The SMILES string of the molecule is CCC(C)SCc1ccc(C#N)c(OC)c1. The molecule has 16 heavy (non-hydrogen) atoms. The zero-order valence-electron chi connectivity index (χ0n) is 9.99. The Bertz CT molecular complexity index is 384. The van der Waals surface area contributed by atoms with E-state index in [1.54, 1.807) is 7.11 Å². The summed E-state index contributed by atoms with van der Waals surface area (Å²) in [7, 11) is 1.60. The van der Waals surface area contributed by atoms with Gasteiger partial charge in [-0.1, -0.05) is 19.9 Å². The monoisotopic (exact) mass is 235 g/mol. The van der Waals surface area contributed by atoms with Crippen LogP contribution in [0.1, 0.15) is 31.4 Å². The van der Waals surface area contributed by atoms with Gasteiger partial charge in [-0.3, -0.25) is 0 Å². The van der Waals surface area contributed by atoms with E-state index >= 15 is 0 Å². The van der Waals surface area contributed by atoms with Gasteiger partial charge in [0.2, 0.25) is 0 Å². The Hall–Kier alpha value is -1.14. The molecule has 0 bridgehead atoms. The van der Waals surface area contributed by atoms with Crippen molar-refractivity contribution in [2.75, 3.05) is 7.11 Å². The lowest BCUT2D eigenvalue weighted by Gasteiger charge is -2.09. The highest BCUT2D eigenvalue weighted by molar-refractivity contribution is 7.99. The summed E-state index contributed by atoms with van der Waals surface area (Å²) in [5.41, 5.74) is 1.81. The third kappa shape index (κ3) is 3.46.